The molecule has 1 atom stereocenters. The van der Waals surface area contributed by atoms with Gasteiger partial charge < -0.3 is 5.32 Å². The molecule has 0 fully saturated rings. The highest BCUT2D eigenvalue weighted by Gasteiger charge is 2.10. The van der Waals surface area contributed by atoms with Crippen LogP contribution in [0, 0.1) is 5.82 Å². The Morgan fingerprint density at radius 3 is 2.40 bits per heavy atom. The standard InChI is InChI=1S/C17H18FNO/c1-3-17(20)13-8-10-14(11-9-13)19-12(2)15-6-4-5-7-16(15)18/h4-12,19H,3H2,1-2H3. The summed E-state index contributed by atoms with van der Waals surface area (Å²) in [7, 11) is 0. The Morgan fingerprint density at radius 2 is 1.80 bits per heavy atom. The highest BCUT2D eigenvalue weighted by molar-refractivity contribution is 5.96. The van der Waals surface area contributed by atoms with Gasteiger partial charge in [0.1, 0.15) is 5.82 Å². The topological polar surface area (TPSA) is 29.1 Å². The van der Waals surface area contributed by atoms with Gasteiger partial charge in [-0.25, -0.2) is 4.39 Å². The van der Waals surface area contributed by atoms with Crippen molar-refractivity contribution < 1.29 is 9.18 Å². The summed E-state index contributed by atoms with van der Waals surface area (Å²) >= 11 is 0. The van der Waals surface area contributed by atoms with E-state index in [0.29, 0.717) is 17.5 Å². The third-order valence-electron chi connectivity index (χ3n) is 3.28. The number of benzene rings is 2. The van der Waals surface area contributed by atoms with Crippen LogP contribution in [0.5, 0.6) is 0 Å². The van der Waals surface area contributed by atoms with Crippen LogP contribution in [0.15, 0.2) is 48.5 Å². The molecule has 0 saturated heterocycles. The smallest absolute Gasteiger partial charge is 0.162 e. The van der Waals surface area contributed by atoms with E-state index in [1.165, 1.54) is 6.07 Å². The van der Waals surface area contributed by atoms with E-state index in [1.54, 1.807) is 24.3 Å². The molecule has 2 aromatic rings. The number of carbonyl (C=O) groups is 1. The average molecular weight is 271 g/mol. The number of rotatable bonds is 5. The summed E-state index contributed by atoms with van der Waals surface area (Å²) in [6.07, 6.45) is 0.498. The van der Waals surface area contributed by atoms with Crippen molar-refractivity contribution >= 4 is 11.5 Å². The van der Waals surface area contributed by atoms with Crippen molar-refractivity contribution in [3.05, 3.63) is 65.5 Å². The van der Waals surface area contributed by atoms with Gasteiger partial charge in [0, 0.05) is 23.2 Å². The Morgan fingerprint density at radius 1 is 1.15 bits per heavy atom. The van der Waals surface area contributed by atoms with Gasteiger partial charge in [0.15, 0.2) is 5.78 Å². The normalized spacial score (nSPS) is 11.9. The van der Waals surface area contributed by atoms with E-state index in [1.807, 2.05) is 32.0 Å². The molecule has 0 spiro atoms. The van der Waals surface area contributed by atoms with E-state index in [0.717, 1.165) is 5.69 Å². The first-order valence-corrected chi connectivity index (χ1v) is 6.76. The number of anilines is 1. The molecule has 2 aromatic carbocycles. The number of nitrogens with one attached hydrogen (secondary N) is 1. The van der Waals surface area contributed by atoms with E-state index in [9.17, 15) is 9.18 Å². The van der Waals surface area contributed by atoms with Gasteiger partial charge >= 0.3 is 0 Å². The SMILES string of the molecule is CCC(=O)c1ccc(NC(C)c2ccccc2F)cc1. The minimum absolute atomic E-state index is 0.124. The van der Waals surface area contributed by atoms with Gasteiger partial charge in [-0.05, 0) is 37.3 Å². The van der Waals surface area contributed by atoms with Crippen molar-refractivity contribution in [3.63, 3.8) is 0 Å². The number of ketones is 1. The first-order chi connectivity index (χ1) is 9.61. The zero-order valence-electron chi connectivity index (χ0n) is 11.7. The van der Waals surface area contributed by atoms with Crippen LogP contribution in [0.1, 0.15) is 42.2 Å². The molecule has 0 radical (unpaired) electrons. The first-order valence-electron chi connectivity index (χ1n) is 6.76. The zero-order chi connectivity index (χ0) is 14.5. The summed E-state index contributed by atoms with van der Waals surface area (Å²) in [5, 5.41) is 3.23. The lowest BCUT2D eigenvalue weighted by molar-refractivity contribution is 0.0988. The number of Topliss-reactive ketones (excluding diaryl/α,β-unsaturated/α-hetero) is 1. The molecule has 104 valence electrons. The first kappa shape index (κ1) is 14.3. The molecule has 2 rings (SSSR count). The lowest BCUT2D eigenvalue weighted by Crippen LogP contribution is -2.08. The molecular formula is C17H18FNO. The lowest BCUT2D eigenvalue weighted by Gasteiger charge is -2.16. The van der Waals surface area contributed by atoms with E-state index in [4.69, 9.17) is 0 Å². The monoisotopic (exact) mass is 271 g/mol. The van der Waals surface area contributed by atoms with Gasteiger partial charge in [-0.1, -0.05) is 25.1 Å². The van der Waals surface area contributed by atoms with Crippen LogP contribution in [0.2, 0.25) is 0 Å². The Hall–Kier alpha value is -2.16. The van der Waals surface area contributed by atoms with Gasteiger partial charge in [0.05, 0.1) is 6.04 Å². The van der Waals surface area contributed by atoms with Gasteiger partial charge in [-0.3, -0.25) is 4.79 Å². The average Bonchev–Trinajstić information content (AvgIpc) is 2.47. The maximum atomic E-state index is 13.7. The minimum Gasteiger partial charge on any atom is -0.378 e. The van der Waals surface area contributed by atoms with Crippen LogP contribution in [0.3, 0.4) is 0 Å². The van der Waals surface area contributed by atoms with Crippen molar-refractivity contribution in [2.24, 2.45) is 0 Å². The predicted molar refractivity (Wildman–Crippen MR) is 79.5 cm³/mol. The molecule has 0 aliphatic heterocycles. The predicted octanol–water partition coefficient (Wildman–Crippen LogP) is 4.59. The molecule has 20 heavy (non-hydrogen) atoms. The van der Waals surface area contributed by atoms with Crippen molar-refractivity contribution in [1.82, 2.24) is 0 Å². The van der Waals surface area contributed by atoms with Crippen LogP contribution < -0.4 is 5.32 Å². The Bertz CT molecular complexity index is 592. The quantitative estimate of drug-likeness (QED) is 0.806. The van der Waals surface area contributed by atoms with E-state index >= 15 is 0 Å². The fourth-order valence-corrected chi connectivity index (χ4v) is 2.11. The molecule has 0 aliphatic carbocycles. The van der Waals surface area contributed by atoms with Crippen LogP contribution in [-0.4, -0.2) is 5.78 Å². The van der Waals surface area contributed by atoms with Crippen molar-refractivity contribution in [1.29, 1.82) is 0 Å². The summed E-state index contributed by atoms with van der Waals surface area (Å²) in [4.78, 5) is 11.5. The molecule has 0 aromatic heterocycles. The van der Waals surface area contributed by atoms with Crippen molar-refractivity contribution in [2.75, 3.05) is 5.32 Å². The fourth-order valence-electron chi connectivity index (χ4n) is 2.11. The Balaban J connectivity index is 2.10. The van der Waals surface area contributed by atoms with Crippen LogP contribution in [-0.2, 0) is 0 Å². The van der Waals surface area contributed by atoms with Crippen molar-refractivity contribution in [3.8, 4) is 0 Å². The second-order valence-corrected chi connectivity index (χ2v) is 4.74. The van der Waals surface area contributed by atoms with Gasteiger partial charge in [0.2, 0.25) is 0 Å². The number of hydrogen-bond donors (Lipinski definition) is 1. The Labute approximate surface area is 118 Å². The molecule has 2 nitrogen and oxygen atoms in total. The molecule has 1 unspecified atom stereocenters. The fraction of sp³-hybridized carbons (Fsp3) is 0.235. The van der Waals surface area contributed by atoms with Gasteiger partial charge in [0.25, 0.3) is 0 Å². The molecular weight excluding hydrogens is 253 g/mol. The molecule has 0 bridgehead atoms. The van der Waals surface area contributed by atoms with Crippen LogP contribution in [0.25, 0.3) is 0 Å². The molecule has 1 N–H and O–H groups in total. The van der Waals surface area contributed by atoms with E-state index in [-0.39, 0.29) is 17.6 Å². The van der Waals surface area contributed by atoms with Gasteiger partial charge in [-0.15, -0.1) is 0 Å². The lowest BCUT2D eigenvalue weighted by atomic mass is 10.1. The highest BCUT2D eigenvalue weighted by atomic mass is 19.1. The third-order valence-corrected chi connectivity index (χ3v) is 3.28. The second kappa shape index (κ2) is 6.33. The third kappa shape index (κ3) is 3.23. The zero-order valence-corrected chi connectivity index (χ0v) is 11.7. The summed E-state index contributed by atoms with van der Waals surface area (Å²) in [6, 6.07) is 13.9. The molecule has 3 heteroatoms. The Kier molecular flexibility index (Phi) is 4.51. The molecule has 0 heterocycles. The summed E-state index contributed by atoms with van der Waals surface area (Å²) < 4.78 is 13.7. The van der Waals surface area contributed by atoms with E-state index < -0.39 is 0 Å². The highest BCUT2D eigenvalue weighted by Crippen LogP contribution is 2.22. The summed E-state index contributed by atoms with van der Waals surface area (Å²) in [5.41, 5.74) is 2.20. The summed E-state index contributed by atoms with van der Waals surface area (Å²) in [5.74, 6) is -0.0935. The number of hydrogen-bond acceptors (Lipinski definition) is 2. The molecule has 0 saturated carbocycles. The maximum Gasteiger partial charge on any atom is 0.162 e. The second-order valence-electron chi connectivity index (χ2n) is 4.74. The number of carbonyl (C=O) groups excluding carboxylic acids is 1. The summed E-state index contributed by atoms with van der Waals surface area (Å²) in [6.45, 7) is 3.75. The van der Waals surface area contributed by atoms with Crippen molar-refractivity contribution in [2.45, 2.75) is 26.3 Å². The van der Waals surface area contributed by atoms with Gasteiger partial charge in [-0.2, -0.15) is 0 Å². The van der Waals surface area contributed by atoms with Crippen LogP contribution in [0.4, 0.5) is 10.1 Å². The molecule has 0 aliphatic rings. The molecule has 0 amide bonds. The minimum atomic E-state index is -0.217. The van der Waals surface area contributed by atoms with E-state index in [2.05, 4.69) is 5.32 Å². The van der Waals surface area contributed by atoms with Crippen LogP contribution >= 0.6 is 0 Å². The number of halogens is 1. The largest absolute Gasteiger partial charge is 0.378 e. The maximum absolute atomic E-state index is 13.7.